The Morgan fingerprint density at radius 2 is 2.44 bits per heavy atom. The van der Waals surface area contributed by atoms with Crippen LogP contribution < -0.4 is 4.74 Å². The summed E-state index contributed by atoms with van der Waals surface area (Å²) in [6.07, 6.45) is 9.31. The van der Waals surface area contributed by atoms with Gasteiger partial charge in [-0.3, -0.25) is 0 Å². The van der Waals surface area contributed by atoms with Crippen molar-refractivity contribution < 1.29 is 4.74 Å². The molecule has 3 rings (SSSR count). The Bertz CT molecular complexity index is 532. The van der Waals surface area contributed by atoms with E-state index in [9.17, 15) is 0 Å². The van der Waals surface area contributed by atoms with Crippen molar-refractivity contribution in [2.75, 3.05) is 12.9 Å². The molecule has 96 valence electrons. The number of nitrogens with zero attached hydrogens (tertiary/aromatic N) is 2. The van der Waals surface area contributed by atoms with Crippen LogP contribution >= 0.6 is 11.8 Å². The summed E-state index contributed by atoms with van der Waals surface area (Å²) in [7, 11) is 1.70. The first-order chi connectivity index (χ1) is 8.86. The zero-order chi connectivity index (χ0) is 12.4. The highest BCUT2D eigenvalue weighted by atomic mass is 32.2. The van der Waals surface area contributed by atoms with Crippen LogP contribution in [0.5, 0.6) is 5.75 Å². The summed E-state index contributed by atoms with van der Waals surface area (Å²) in [6.45, 7) is 0. The quantitative estimate of drug-likeness (QED) is 0.850. The van der Waals surface area contributed by atoms with Crippen molar-refractivity contribution in [3.8, 4) is 5.75 Å². The van der Waals surface area contributed by atoms with Crippen molar-refractivity contribution >= 4 is 17.4 Å². The molecule has 0 bridgehead atoms. The van der Waals surface area contributed by atoms with Crippen LogP contribution in [0.15, 0.2) is 24.5 Å². The highest BCUT2D eigenvalue weighted by Crippen LogP contribution is 2.28. The largest absolute Gasteiger partial charge is 0.493 e. The van der Waals surface area contributed by atoms with Gasteiger partial charge in [0.2, 0.25) is 0 Å². The van der Waals surface area contributed by atoms with E-state index in [-0.39, 0.29) is 0 Å². The van der Waals surface area contributed by atoms with E-state index in [1.54, 1.807) is 7.11 Å². The van der Waals surface area contributed by atoms with Crippen molar-refractivity contribution in [1.29, 1.82) is 0 Å². The van der Waals surface area contributed by atoms with Gasteiger partial charge in [0.15, 0.2) is 11.4 Å². The third-order valence-electron chi connectivity index (χ3n) is 3.43. The standard InChI is InChI=1S/C14H18N2OS/c1-17-13-6-4-7-16-10-11(15-14(13)16)9-12-5-2-3-8-18-12/h4,6-7,10,12H,2-3,5,8-9H2,1H3. The molecule has 0 saturated carbocycles. The molecule has 1 unspecified atom stereocenters. The minimum atomic E-state index is 0.745. The molecule has 1 atom stereocenters. The molecule has 1 aliphatic rings. The topological polar surface area (TPSA) is 26.5 Å². The number of imidazole rings is 1. The molecule has 3 nitrogen and oxygen atoms in total. The van der Waals surface area contributed by atoms with Gasteiger partial charge in [0, 0.05) is 24.1 Å². The molecular formula is C14H18N2OS. The van der Waals surface area contributed by atoms with Crippen molar-refractivity contribution in [1.82, 2.24) is 9.38 Å². The van der Waals surface area contributed by atoms with Crippen molar-refractivity contribution in [3.05, 3.63) is 30.2 Å². The Kier molecular flexibility index (Phi) is 3.46. The molecule has 0 amide bonds. The summed E-state index contributed by atoms with van der Waals surface area (Å²) in [4.78, 5) is 4.70. The van der Waals surface area contributed by atoms with E-state index in [1.807, 2.05) is 18.3 Å². The summed E-state index contributed by atoms with van der Waals surface area (Å²) < 4.78 is 7.40. The van der Waals surface area contributed by atoms with E-state index >= 15 is 0 Å². The highest BCUT2D eigenvalue weighted by Gasteiger charge is 2.16. The van der Waals surface area contributed by atoms with Crippen LogP contribution in [0.25, 0.3) is 5.65 Å². The van der Waals surface area contributed by atoms with Gasteiger partial charge in [0.05, 0.1) is 12.8 Å². The van der Waals surface area contributed by atoms with E-state index in [2.05, 4.69) is 22.4 Å². The average molecular weight is 262 g/mol. The van der Waals surface area contributed by atoms with E-state index in [0.717, 1.165) is 23.1 Å². The lowest BCUT2D eigenvalue weighted by Crippen LogP contribution is -2.12. The molecule has 1 fully saturated rings. The number of hydrogen-bond acceptors (Lipinski definition) is 3. The molecule has 3 heterocycles. The van der Waals surface area contributed by atoms with Gasteiger partial charge in [0.1, 0.15) is 0 Å². The van der Waals surface area contributed by atoms with Crippen LogP contribution in [0.4, 0.5) is 0 Å². The summed E-state index contributed by atoms with van der Waals surface area (Å²) >= 11 is 2.10. The maximum absolute atomic E-state index is 5.34. The van der Waals surface area contributed by atoms with Gasteiger partial charge in [0.25, 0.3) is 0 Å². The lowest BCUT2D eigenvalue weighted by Gasteiger charge is -2.19. The van der Waals surface area contributed by atoms with Gasteiger partial charge < -0.3 is 9.14 Å². The molecule has 0 radical (unpaired) electrons. The number of pyridine rings is 1. The van der Waals surface area contributed by atoms with Gasteiger partial charge in [-0.15, -0.1) is 0 Å². The molecule has 0 aliphatic carbocycles. The molecule has 0 spiro atoms. The lowest BCUT2D eigenvalue weighted by atomic mass is 10.1. The monoisotopic (exact) mass is 262 g/mol. The molecular weight excluding hydrogens is 244 g/mol. The third-order valence-corrected chi connectivity index (χ3v) is 4.83. The maximum atomic E-state index is 5.34. The van der Waals surface area contributed by atoms with E-state index < -0.39 is 0 Å². The van der Waals surface area contributed by atoms with Gasteiger partial charge >= 0.3 is 0 Å². The fraction of sp³-hybridized carbons (Fsp3) is 0.500. The van der Waals surface area contributed by atoms with E-state index in [1.165, 1.54) is 30.7 Å². The molecule has 1 aliphatic heterocycles. The van der Waals surface area contributed by atoms with E-state index in [4.69, 9.17) is 9.72 Å². The summed E-state index contributed by atoms with van der Waals surface area (Å²) in [5.74, 6) is 2.15. The number of aromatic nitrogens is 2. The normalized spacial score (nSPS) is 20.2. The molecule has 18 heavy (non-hydrogen) atoms. The smallest absolute Gasteiger partial charge is 0.179 e. The van der Waals surface area contributed by atoms with Gasteiger partial charge in [-0.2, -0.15) is 11.8 Å². The average Bonchev–Trinajstić information content (AvgIpc) is 2.82. The van der Waals surface area contributed by atoms with Crippen LogP contribution in [0.1, 0.15) is 25.0 Å². The molecule has 0 N–H and O–H groups in total. The second kappa shape index (κ2) is 5.22. The van der Waals surface area contributed by atoms with Crippen LogP contribution in [-0.2, 0) is 6.42 Å². The Balaban J connectivity index is 1.84. The van der Waals surface area contributed by atoms with Crippen LogP contribution in [-0.4, -0.2) is 27.5 Å². The molecule has 0 aromatic carbocycles. The number of fused-ring (bicyclic) bond motifs is 1. The Morgan fingerprint density at radius 3 is 3.22 bits per heavy atom. The second-order valence-corrected chi connectivity index (χ2v) is 6.14. The fourth-order valence-electron chi connectivity index (χ4n) is 2.50. The minimum absolute atomic E-state index is 0.745. The molecule has 2 aromatic heterocycles. The number of hydrogen-bond donors (Lipinski definition) is 0. The van der Waals surface area contributed by atoms with Gasteiger partial charge in [-0.05, 0) is 30.7 Å². The summed E-state index contributed by atoms with van der Waals surface area (Å²) in [6, 6.07) is 3.95. The van der Waals surface area contributed by atoms with Crippen LogP contribution in [0.2, 0.25) is 0 Å². The predicted octanol–water partition coefficient (Wildman–Crippen LogP) is 3.17. The SMILES string of the molecule is COc1cccn2cc(CC3CCCCS3)nc12. The molecule has 4 heteroatoms. The predicted molar refractivity (Wildman–Crippen MR) is 75.5 cm³/mol. The van der Waals surface area contributed by atoms with Crippen LogP contribution in [0.3, 0.4) is 0 Å². The van der Waals surface area contributed by atoms with Crippen molar-refractivity contribution in [3.63, 3.8) is 0 Å². The van der Waals surface area contributed by atoms with Gasteiger partial charge in [-0.25, -0.2) is 4.98 Å². The Hall–Kier alpha value is -1.16. The fourth-order valence-corrected chi connectivity index (χ4v) is 3.82. The Morgan fingerprint density at radius 1 is 1.50 bits per heavy atom. The van der Waals surface area contributed by atoms with E-state index in [0.29, 0.717) is 0 Å². The van der Waals surface area contributed by atoms with Crippen LogP contribution in [0, 0.1) is 0 Å². The number of rotatable bonds is 3. The van der Waals surface area contributed by atoms with Crippen molar-refractivity contribution in [2.45, 2.75) is 30.9 Å². The maximum Gasteiger partial charge on any atom is 0.179 e. The van der Waals surface area contributed by atoms with Gasteiger partial charge in [-0.1, -0.05) is 6.42 Å². The zero-order valence-corrected chi connectivity index (χ0v) is 11.4. The first-order valence-electron chi connectivity index (χ1n) is 6.49. The first-order valence-corrected chi connectivity index (χ1v) is 7.54. The third kappa shape index (κ3) is 2.34. The summed E-state index contributed by atoms with van der Waals surface area (Å²) in [5, 5.41) is 0.745. The number of thioether (sulfide) groups is 1. The number of ether oxygens (including phenoxy) is 1. The minimum Gasteiger partial charge on any atom is -0.493 e. The Labute approximate surface area is 112 Å². The second-order valence-electron chi connectivity index (χ2n) is 4.73. The first kappa shape index (κ1) is 11.9. The zero-order valence-electron chi connectivity index (χ0n) is 10.6. The summed E-state index contributed by atoms with van der Waals surface area (Å²) in [5.41, 5.74) is 2.11. The highest BCUT2D eigenvalue weighted by molar-refractivity contribution is 7.99. The lowest BCUT2D eigenvalue weighted by molar-refractivity contribution is 0.417. The molecule has 1 saturated heterocycles. The molecule has 2 aromatic rings. The number of methoxy groups -OCH3 is 1. The van der Waals surface area contributed by atoms with Crippen molar-refractivity contribution in [2.24, 2.45) is 0 Å².